The minimum atomic E-state index is -0.704. The van der Waals surface area contributed by atoms with Gasteiger partial charge in [0.2, 0.25) is 0 Å². The minimum Gasteiger partial charge on any atom is -0.504 e. The van der Waals surface area contributed by atoms with Crippen LogP contribution >= 0.6 is 0 Å². The summed E-state index contributed by atoms with van der Waals surface area (Å²) in [5.74, 6) is 0.134. The Labute approximate surface area is 195 Å². The Kier molecular flexibility index (Phi) is 8.54. The molecule has 33 heavy (non-hydrogen) atoms. The molecular formula is C26H34FN3O3. The summed E-state index contributed by atoms with van der Waals surface area (Å²) < 4.78 is 18.7. The molecule has 0 radical (unpaired) electrons. The summed E-state index contributed by atoms with van der Waals surface area (Å²) >= 11 is 0. The molecule has 0 aliphatic carbocycles. The van der Waals surface area contributed by atoms with Gasteiger partial charge >= 0.3 is 0 Å². The smallest absolute Gasteiger partial charge is 0.157 e. The van der Waals surface area contributed by atoms with Gasteiger partial charge in [-0.2, -0.15) is 5.26 Å². The number of phenolic OH excluding ortho intramolecular Hbond substituents is 2. The van der Waals surface area contributed by atoms with Crippen molar-refractivity contribution in [2.75, 3.05) is 45.9 Å². The van der Waals surface area contributed by atoms with E-state index in [0.717, 1.165) is 51.3 Å². The number of aromatic hydroxyl groups is 2. The van der Waals surface area contributed by atoms with E-state index >= 15 is 0 Å². The summed E-state index contributed by atoms with van der Waals surface area (Å²) in [4.78, 5) is 4.79. The van der Waals surface area contributed by atoms with Gasteiger partial charge in [-0.25, -0.2) is 4.39 Å². The molecule has 0 amide bonds. The Balaban J connectivity index is 1.44. The zero-order valence-corrected chi connectivity index (χ0v) is 19.5. The van der Waals surface area contributed by atoms with Gasteiger partial charge in [-0.05, 0) is 67.3 Å². The molecule has 1 heterocycles. The van der Waals surface area contributed by atoms with Crippen molar-refractivity contribution in [1.29, 1.82) is 5.26 Å². The first-order chi connectivity index (χ1) is 15.8. The topological polar surface area (TPSA) is 80.0 Å². The molecule has 1 unspecified atom stereocenters. The monoisotopic (exact) mass is 455 g/mol. The van der Waals surface area contributed by atoms with Gasteiger partial charge in [-0.15, -0.1) is 0 Å². The second kappa shape index (κ2) is 11.4. The molecule has 2 N–H and O–H groups in total. The zero-order chi connectivity index (χ0) is 23.8. The molecule has 1 saturated heterocycles. The first-order valence-corrected chi connectivity index (χ1v) is 11.6. The van der Waals surface area contributed by atoms with Crippen LogP contribution in [-0.2, 0) is 5.41 Å². The van der Waals surface area contributed by atoms with E-state index in [0.29, 0.717) is 18.8 Å². The summed E-state index contributed by atoms with van der Waals surface area (Å²) in [6, 6.07) is 13.3. The van der Waals surface area contributed by atoms with Gasteiger partial charge in [0, 0.05) is 32.7 Å². The number of hydrogen-bond donors (Lipinski definition) is 2. The van der Waals surface area contributed by atoms with Crippen molar-refractivity contribution in [3.63, 3.8) is 0 Å². The fourth-order valence-corrected chi connectivity index (χ4v) is 4.46. The van der Waals surface area contributed by atoms with Crippen molar-refractivity contribution in [2.24, 2.45) is 5.92 Å². The maximum Gasteiger partial charge on any atom is 0.157 e. The predicted molar refractivity (Wildman–Crippen MR) is 126 cm³/mol. The Hall–Kier alpha value is -2.82. The normalized spacial score (nSPS) is 16.9. The molecule has 0 spiro atoms. The molecule has 0 saturated carbocycles. The standard InChI is InChI=1S/C26H34FN3O3/c1-20(2)26(19-28,21-4-9-24(31)25(32)18-21)10-3-11-29-12-14-30(15-13-29)16-17-33-23-7-5-22(27)6-8-23/h4-9,18,20,31-32H,3,10-17H2,1-2H3. The van der Waals surface area contributed by atoms with Crippen LogP contribution in [0.4, 0.5) is 4.39 Å². The van der Waals surface area contributed by atoms with Gasteiger partial charge in [-0.3, -0.25) is 4.90 Å². The SMILES string of the molecule is CC(C)C(C#N)(CCCN1CCN(CCOc2ccc(F)cc2)CC1)c1ccc(O)c(O)c1. The fraction of sp³-hybridized carbons (Fsp3) is 0.500. The highest BCUT2D eigenvalue weighted by Crippen LogP contribution is 2.39. The van der Waals surface area contributed by atoms with E-state index in [1.54, 1.807) is 18.2 Å². The molecule has 0 aromatic heterocycles. The largest absolute Gasteiger partial charge is 0.504 e. The fourth-order valence-electron chi connectivity index (χ4n) is 4.46. The highest BCUT2D eigenvalue weighted by Gasteiger charge is 2.36. The lowest BCUT2D eigenvalue weighted by molar-refractivity contribution is 0.114. The van der Waals surface area contributed by atoms with E-state index in [2.05, 4.69) is 15.9 Å². The minimum absolute atomic E-state index is 0.0735. The average Bonchev–Trinajstić information content (AvgIpc) is 2.81. The van der Waals surface area contributed by atoms with Crippen LogP contribution in [0.2, 0.25) is 0 Å². The van der Waals surface area contributed by atoms with Gasteiger partial charge in [0.15, 0.2) is 11.5 Å². The highest BCUT2D eigenvalue weighted by molar-refractivity contribution is 5.45. The van der Waals surface area contributed by atoms with Crippen molar-refractivity contribution in [3.05, 3.63) is 53.8 Å². The van der Waals surface area contributed by atoms with Crippen LogP contribution in [0, 0.1) is 23.1 Å². The molecule has 178 valence electrons. The van der Waals surface area contributed by atoms with Crippen molar-refractivity contribution >= 4 is 0 Å². The number of benzene rings is 2. The van der Waals surface area contributed by atoms with Crippen molar-refractivity contribution in [3.8, 4) is 23.3 Å². The lowest BCUT2D eigenvalue weighted by Gasteiger charge is -2.36. The maximum atomic E-state index is 13.0. The second-order valence-corrected chi connectivity index (χ2v) is 9.03. The first-order valence-electron chi connectivity index (χ1n) is 11.6. The van der Waals surface area contributed by atoms with Gasteiger partial charge in [-0.1, -0.05) is 19.9 Å². The lowest BCUT2D eigenvalue weighted by atomic mass is 9.69. The Morgan fingerprint density at radius 2 is 1.64 bits per heavy atom. The Morgan fingerprint density at radius 3 is 2.21 bits per heavy atom. The second-order valence-electron chi connectivity index (χ2n) is 9.03. The maximum absolute atomic E-state index is 13.0. The van der Waals surface area contributed by atoms with E-state index in [1.807, 2.05) is 13.8 Å². The van der Waals surface area contributed by atoms with E-state index in [4.69, 9.17) is 4.74 Å². The van der Waals surface area contributed by atoms with Crippen LogP contribution in [-0.4, -0.2) is 65.9 Å². The number of nitrogens with zero attached hydrogens (tertiary/aromatic N) is 3. The number of nitriles is 1. The highest BCUT2D eigenvalue weighted by atomic mass is 19.1. The van der Waals surface area contributed by atoms with Crippen LogP contribution in [0.1, 0.15) is 32.3 Å². The molecule has 1 aliphatic rings. The van der Waals surface area contributed by atoms with Crippen LogP contribution in [0.15, 0.2) is 42.5 Å². The third-order valence-electron chi connectivity index (χ3n) is 6.68. The Bertz CT molecular complexity index is 937. The lowest BCUT2D eigenvalue weighted by Crippen LogP contribution is -2.47. The summed E-state index contributed by atoms with van der Waals surface area (Å²) in [7, 11) is 0. The third-order valence-corrected chi connectivity index (χ3v) is 6.68. The molecule has 1 atom stereocenters. The van der Waals surface area contributed by atoms with Gasteiger partial charge in [0.1, 0.15) is 18.2 Å². The van der Waals surface area contributed by atoms with Gasteiger partial charge in [0.25, 0.3) is 0 Å². The molecular weight excluding hydrogens is 421 g/mol. The van der Waals surface area contributed by atoms with Crippen molar-refractivity contribution in [1.82, 2.24) is 9.80 Å². The number of phenols is 2. The van der Waals surface area contributed by atoms with E-state index in [-0.39, 0.29) is 23.2 Å². The first kappa shape index (κ1) is 24.8. The molecule has 1 aliphatic heterocycles. The predicted octanol–water partition coefficient (Wildman–Crippen LogP) is 4.13. The summed E-state index contributed by atoms with van der Waals surface area (Å²) in [5.41, 5.74) is 0.0475. The van der Waals surface area contributed by atoms with E-state index in [9.17, 15) is 19.9 Å². The number of piperazine rings is 1. The summed E-state index contributed by atoms with van der Waals surface area (Å²) in [6.07, 6.45) is 1.57. The van der Waals surface area contributed by atoms with Gasteiger partial charge in [0.05, 0.1) is 11.5 Å². The summed E-state index contributed by atoms with van der Waals surface area (Å²) in [6.45, 7) is 10.2. The summed E-state index contributed by atoms with van der Waals surface area (Å²) in [5, 5.41) is 29.6. The average molecular weight is 456 g/mol. The molecule has 0 bridgehead atoms. The Morgan fingerprint density at radius 1 is 1.00 bits per heavy atom. The van der Waals surface area contributed by atoms with E-state index in [1.165, 1.54) is 24.3 Å². The van der Waals surface area contributed by atoms with Crippen molar-refractivity contribution < 1.29 is 19.3 Å². The number of hydrogen-bond acceptors (Lipinski definition) is 6. The molecule has 7 heteroatoms. The molecule has 2 aromatic rings. The van der Waals surface area contributed by atoms with Crippen LogP contribution in [0.5, 0.6) is 17.2 Å². The van der Waals surface area contributed by atoms with Crippen LogP contribution in [0.25, 0.3) is 0 Å². The molecule has 1 fully saturated rings. The van der Waals surface area contributed by atoms with Crippen LogP contribution < -0.4 is 4.74 Å². The number of ether oxygens (including phenoxy) is 1. The molecule has 6 nitrogen and oxygen atoms in total. The molecule has 2 aromatic carbocycles. The van der Waals surface area contributed by atoms with Crippen molar-refractivity contribution in [2.45, 2.75) is 32.1 Å². The van der Waals surface area contributed by atoms with Gasteiger partial charge < -0.3 is 19.8 Å². The quantitative estimate of drug-likeness (QED) is 0.525. The zero-order valence-electron chi connectivity index (χ0n) is 19.5. The van der Waals surface area contributed by atoms with E-state index < -0.39 is 5.41 Å². The molecule has 3 rings (SSSR count). The number of halogens is 1. The third kappa shape index (κ3) is 6.37. The number of rotatable bonds is 10. The van der Waals surface area contributed by atoms with Crippen LogP contribution in [0.3, 0.4) is 0 Å².